The number of methoxy groups -OCH3 is 1. The van der Waals surface area contributed by atoms with E-state index in [1.54, 1.807) is 35.7 Å². The SMILES string of the molecule is COC(=O)c1cccc(NC(=O)c2csc(Br)c2)c1. The Balaban J connectivity index is 2.15. The van der Waals surface area contributed by atoms with Gasteiger partial charge in [-0.1, -0.05) is 6.07 Å². The molecule has 1 heterocycles. The normalized spacial score (nSPS) is 10.0. The number of anilines is 1. The Morgan fingerprint density at radius 3 is 2.68 bits per heavy atom. The first-order chi connectivity index (χ1) is 9.10. The van der Waals surface area contributed by atoms with Gasteiger partial charge in [-0.05, 0) is 40.2 Å². The molecule has 0 aliphatic carbocycles. The van der Waals surface area contributed by atoms with Crippen molar-refractivity contribution >= 4 is 44.8 Å². The second-order valence-corrected chi connectivity index (χ2v) is 5.96. The summed E-state index contributed by atoms with van der Waals surface area (Å²) < 4.78 is 5.52. The van der Waals surface area contributed by atoms with Crippen molar-refractivity contribution < 1.29 is 14.3 Å². The van der Waals surface area contributed by atoms with Gasteiger partial charge in [0, 0.05) is 11.1 Å². The molecular formula is C13H10BrNO3S. The van der Waals surface area contributed by atoms with Crippen LogP contribution in [0, 0.1) is 0 Å². The van der Waals surface area contributed by atoms with Crippen LogP contribution in [0.4, 0.5) is 5.69 Å². The zero-order valence-electron chi connectivity index (χ0n) is 9.98. The van der Waals surface area contributed by atoms with Crippen molar-refractivity contribution in [1.29, 1.82) is 0 Å². The Hall–Kier alpha value is -1.66. The fourth-order valence-electron chi connectivity index (χ4n) is 1.47. The summed E-state index contributed by atoms with van der Waals surface area (Å²) in [4.78, 5) is 23.3. The molecule has 19 heavy (non-hydrogen) atoms. The zero-order valence-corrected chi connectivity index (χ0v) is 12.4. The highest BCUT2D eigenvalue weighted by atomic mass is 79.9. The standard InChI is InChI=1S/C13H10BrNO3S/c1-18-13(17)8-3-2-4-10(5-8)15-12(16)9-6-11(14)19-7-9/h2-7H,1H3,(H,15,16). The van der Waals surface area contributed by atoms with E-state index in [1.165, 1.54) is 18.4 Å². The molecule has 2 rings (SSSR count). The van der Waals surface area contributed by atoms with Crippen molar-refractivity contribution in [2.45, 2.75) is 0 Å². The topological polar surface area (TPSA) is 55.4 Å². The second kappa shape index (κ2) is 5.99. The molecule has 2 aromatic rings. The van der Waals surface area contributed by atoms with Crippen LogP contribution in [-0.4, -0.2) is 19.0 Å². The van der Waals surface area contributed by atoms with Crippen molar-refractivity contribution in [2.24, 2.45) is 0 Å². The van der Waals surface area contributed by atoms with E-state index in [0.717, 1.165) is 3.79 Å². The van der Waals surface area contributed by atoms with E-state index < -0.39 is 5.97 Å². The molecule has 98 valence electrons. The third kappa shape index (κ3) is 3.42. The fraction of sp³-hybridized carbons (Fsp3) is 0.0769. The summed E-state index contributed by atoms with van der Waals surface area (Å²) in [6.45, 7) is 0. The fourth-order valence-corrected chi connectivity index (χ4v) is 2.61. The van der Waals surface area contributed by atoms with Crippen LogP contribution >= 0.6 is 27.3 Å². The number of hydrogen-bond donors (Lipinski definition) is 1. The van der Waals surface area contributed by atoms with Crippen LogP contribution in [0.25, 0.3) is 0 Å². The lowest BCUT2D eigenvalue weighted by molar-refractivity contribution is 0.0600. The predicted molar refractivity (Wildman–Crippen MR) is 77.8 cm³/mol. The lowest BCUT2D eigenvalue weighted by atomic mass is 10.2. The highest BCUT2D eigenvalue weighted by molar-refractivity contribution is 9.11. The number of ether oxygens (including phenoxy) is 1. The summed E-state index contributed by atoms with van der Waals surface area (Å²) in [5, 5.41) is 4.48. The number of carbonyl (C=O) groups is 2. The van der Waals surface area contributed by atoms with Gasteiger partial charge in [-0.15, -0.1) is 11.3 Å². The number of rotatable bonds is 3. The molecule has 1 aromatic carbocycles. The van der Waals surface area contributed by atoms with Crippen molar-refractivity contribution in [2.75, 3.05) is 12.4 Å². The Morgan fingerprint density at radius 1 is 1.26 bits per heavy atom. The summed E-state index contributed by atoms with van der Waals surface area (Å²) in [6.07, 6.45) is 0. The maximum absolute atomic E-state index is 11.9. The number of benzene rings is 1. The van der Waals surface area contributed by atoms with Gasteiger partial charge in [0.05, 0.1) is 22.0 Å². The summed E-state index contributed by atoms with van der Waals surface area (Å²) in [7, 11) is 1.32. The number of carbonyl (C=O) groups excluding carboxylic acids is 2. The molecule has 0 aliphatic heterocycles. The van der Waals surface area contributed by atoms with E-state index in [9.17, 15) is 9.59 Å². The molecule has 1 aromatic heterocycles. The van der Waals surface area contributed by atoms with Crippen LogP contribution < -0.4 is 5.32 Å². The van der Waals surface area contributed by atoms with Crippen LogP contribution in [0.2, 0.25) is 0 Å². The molecule has 0 radical (unpaired) electrons. The first-order valence-electron chi connectivity index (χ1n) is 5.34. The number of nitrogens with one attached hydrogen (secondary N) is 1. The molecule has 0 aliphatic rings. The minimum atomic E-state index is -0.436. The average Bonchev–Trinajstić information content (AvgIpc) is 2.85. The first-order valence-corrected chi connectivity index (χ1v) is 7.01. The smallest absolute Gasteiger partial charge is 0.337 e. The maximum Gasteiger partial charge on any atom is 0.337 e. The van der Waals surface area contributed by atoms with Gasteiger partial charge >= 0.3 is 5.97 Å². The largest absolute Gasteiger partial charge is 0.465 e. The van der Waals surface area contributed by atoms with Crippen LogP contribution in [-0.2, 0) is 4.74 Å². The third-order valence-corrected chi connectivity index (χ3v) is 3.88. The van der Waals surface area contributed by atoms with Crippen LogP contribution in [0.5, 0.6) is 0 Å². The molecule has 0 fully saturated rings. The second-order valence-electron chi connectivity index (χ2n) is 3.67. The summed E-state index contributed by atoms with van der Waals surface area (Å²) in [5.41, 5.74) is 1.52. The summed E-state index contributed by atoms with van der Waals surface area (Å²) in [5.74, 6) is -0.654. The van der Waals surface area contributed by atoms with Crippen molar-refractivity contribution in [3.63, 3.8) is 0 Å². The molecule has 1 N–H and O–H groups in total. The summed E-state index contributed by atoms with van der Waals surface area (Å²) >= 11 is 4.74. The lowest BCUT2D eigenvalue weighted by Gasteiger charge is -2.05. The van der Waals surface area contributed by atoms with Crippen LogP contribution in [0.1, 0.15) is 20.7 Å². The minimum absolute atomic E-state index is 0.219. The van der Waals surface area contributed by atoms with E-state index in [0.29, 0.717) is 16.8 Å². The van der Waals surface area contributed by atoms with Gasteiger partial charge in [-0.2, -0.15) is 0 Å². The molecule has 0 saturated carbocycles. The molecule has 4 nitrogen and oxygen atoms in total. The first kappa shape index (κ1) is 13.8. The molecule has 0 unspecified atom stereocenters. The minimum Gasteiger partial charge on any atom is -0.465 e. The van der Waals surface area contributed by atoms with E-state index in [4.69, 9.17) is 0 Å². The molecular weight excluding hydrogens is 330 g/mol. The molecule has 0 atom stereocenters. The maximum atomic E-state index is 11.9. The van der Waals surface area contributed by atoms with E-state index in [2.05, 4.69) is 26.0 Å². The molecule has 0 bridgehead atoms. The third-order valence-electron chi connectivity index (χ3n) is 2.37. The van der Waals surface area contributed by atoms with Gasteiger partial charge < -0.3 is 10.1 Å². The zero-order chi connectivity index (χ0) is 13.8. The highest BCUT2D eigenvalue weighted by Crippen LogP contribution is 2.21. The molecule has 1 amide bonds. The molecule has 0 saturated heterocycles. The Morgan fingerprint density at radius 2 is 2.05 bits per heavy atom. The number of halogens is 1. The number of amides is 1. The number of esters is 1. The Kier molecular flexibility index (Phi) is 4.34. The van der Waals surface area contributed by atoms with Crippen LogP contribution in [0.3, 0.4) is 0 Å². The van der Waals surface area contributed by atoms with E-state index >= 15 is 0 Å². The van der Waals surface area contributed by atoms with Gasteiger partial charge in [0.25, 0.3) is 5.91 Å². The van der Waals surface area contributed by atoms with Crippen molar-refractivity contribution in [3.05, 3.63) is 50.6 Å². The van der Waals surface area contributed by atoms with Crippen molar-refractivity contribution in [3.8, 4) is 0 Å². The highest BCUT2D eigenvalue weighted by Gasteiger charge is 2.10. The summed E-state index contributed by atoms with van der Waals surface area (Å²) in [6, 6.07) is 8.34. The van der Waals surface area contributed by atoms with Gasteiger partial charge in [0.2, 0.25) is 0 Å². The van der Waals surface area contributed by atoms with Gasteiger partial charge in [-0.25, -0.2) is 4.79 Å². The average molecular weight is 340 g/mol. The quantitative estimate of drug-likeness (QED) is 0.870. The molecule has 6 heteroatoms. The Labute approximate surface area is 122 Å². The monoisotopic (exact) mass is 339 g/mol. The van der Waals surface area contributed by atoms with Crippen LogP contribution in [0.15, 0.2) is 39.5 Å². The van der Waals surface area contributed by atoms with E-state index in [1.807, 2.05) is 0 Å². The lowest BCUT2D eigenvalue weighted by Crippen LogP contribution is -2.11. The number of hydrogen-bond acceptors (Lipinski definition) is 4. The molecule has 0 spiro atoms. The van der Waals surface area contributed by atoms with Gasteiger partial charge in [-0.3, -0.25) is 4.79 Å². The Bertz CT molecular complexity index is 624. The van der Waals surface area contributed by atoms with E-state index in [-0.39, 0.29) is 5.91 Å². The number of thiophene rings is 1. The van der Waals surface area contributed by atoms with Gasteiger partial charge in [0.15, 0.2) is 0 Å². The van der Waals surface area contributed by atoms with Crippen molar-refractivity contribution in [1.82, 2.24) is 0 Å². The van der Waals surface area contributed by atoms with Gasteiger partial charge in [0.1, 0.15) is 0 Å². The predicted octanol–water partition coefficient (Wildman–Crippen LogP) is 3.55.